The topological polar surface area (TPSA) is 80.4 Å². The highest BCUT2D eigenvalue weighted by Gasteiger charge is 2.09. The molecule has 4 aromatic rings. The molecule has 0 aliphatic carbocycles. The Hall–Kier alpha value is -2.96. The zero-order chi connectivity index (χ0) is 17.2. The number of ether oxygens (including phenoxy) is 1. The van der Waals surface area contributed by atoms with Crippen LogP contribution in [0.3, 0.4) is 0 Å². The van der Waals surface area contributed by atoms with Gasteiger partial charge >= 0.3 is 0 Å². The van der Waals surface area contributed by atoms with E-state index < -0.39 is 6.10 Å². The van der Waals surface area contributed by atoms with Crippen LogP contribution in [0, 0.1) is 0 Å². The standard InChI is InChI=1S/C19H17N3O3/c23-11-15(24)12-25-19-9-17-14(10-20-19)7-8-22(17)18-6-5-13-3-1-2-4-16(13)21-18/h1-10,15,23-24H,11-12H2/t15-/m1/s1. The van der Waals surface area contributed by atoms with E-state index in [0.717, 1.165) is 27.6 Å². The Kier molecular flexibility index (Phi) is 4.05. The molecule has 0 fully saturated rings. The summed E-state index contributed by atoms with van der Waals surface area (Å²) in [6.45, 7) is -0.358. The molecule has 3 heterocycles. The third kappa shape index (κ3) is 3.05. The van der Waals surface area contributed by atoms with Gasteiger partial charge in [0.15, 0.2) is 0 Å². The first kappa shape index (κ1) is 15.6. The summed E-state index contributed by atoms with van der Waals surface area (Å²) in [5, 5.41) is 20.3. The summed E-state index contributed by atoms with van der Waals surface area (Å²) in [5.74, 6) is 1.20. The Morgan fingerprint density at radius 2 is 1.96 bits per heavy atom. The second-order valence-corrected chi connectivity index (χ2v) is 5.78. The van der Waals surface area contributed by atoms with Gasteiger partial charge in [-0.3, -0.25) is 0 Å². The summed E-state index contributed by atoms with van der Waals surface area (Å²) in [4.78, 5) is 8.94. The van der Waals surface area contributed by atoms with Crippen molar-refractivity contribution in [3.63, 3.8) is 0 Å². The van der Waals surface area contributed by atoms with Gasteiger partial charge in [0.2, 0.25) is 5.88 Å². The molecule has 0 amide bonds. The predicted molar refractivity (Wildman–Crippen MR) is 95.0 cm³/mol. The molecule has 0 bridgehead atoms. The molecule has 0 saturated heterocycles. The predicted octanol–water partition coefficient (Wildman–Crippen LogP) is 2.31. The number of hydrogen-bond donors (Lipinski definition) is 2. The number of aromatic nitrogens is 3. The summed E-state index contributed by atoms with van der Waals surface area (Å²) in [5.41, 5.74) is 1.84. The molecule has 1 aromatic carbocycles. The van der Waals surface area contributed by atoms with Crippen molar-refractivity contribution in [2.45, 2.75) is 6.10 Å². The minimum absolute atomic E-state index is 0.00998. The van der Waals surface area contributed by atoms with E-state index in [1.807, 2.05) is 53.2 Å². The average Bonchev–Trinajstić information content (AvgIpc) is 3.09. The first-order valence-corrected chi connectivity index (χ1v) is 7.99. The molecule has 0 radical (unpaired) electrons. The van der Waals surface area contributed by atoms with Crippen LogP contribution in [0.4, 0.5) is 0 Å². The van der Waals surface area contributed by atoms with Gasteiger partial charge < -0.3 is 19.5 Å². The van der Waals surface area contributed by atoms with Crippen LogP contribution in [0.5, 0.6) is 5.88 Å². The number of aliphatic hydroxyl groups excluding tert-OH is 2. The minimum atomic E-state index is -0.925. The molecular formula is C19H17N3O3. The first-order valence-electron chi connectivity index (χ1n) is 7.99. The molecule has 0 saturated carbocycles. The normalized spacial score (nSPS) is 12.6. The highest BCUT2D eigenvalue weighted by molar-refractivity contribution is 5.83. The Balaban J connectivity index is 1.73. The molecule has 0 unspecified atom stereocenters. The summed E-state index contributed by atoms with van der Waals surface area (Å²) in [6, 6.07) is 15.7. The first-order chi connectivity index (χ1) is 12.2. The lowest BCUT2D eigenvalue weighted by atomic mass is 10.2. The Labute approximate surface area is 144 Å². The minimum Gasteiger partial charge on any atom is -0.475 e. The fourth-order valence-electron chi connectivity index (χ4n) is 2.71. The van der Waals surface area contributed by atoms with Crippen LogP contribution in [-0.4, -0.2) is 44.1 Å². The number of aliphatic hydroxyl groups is 2. The van der Waals surface area contributed by atoms with E-state index in [9.17, 15) is 5.11 Å². The maximum Gasteiger partial charge on any atom is 0.215 e. The number of nitrogens with zero attached hydrogens (tertiary/aromatic N) is 3. The van der Waals surface area contributed by atoms with Crippen LogP contribution in [0.1, 0.15) is 0 Å². The third-order valence-corrected chi connectivity index (χ3v) is 4.01. The summed E-state index contributed by atoms with van der Waals surface area (Å²) in [6.07, 6.45) is 2.73. The van der Waals surface area contributed by atoms with Crippen LogP contribution in [0.2, 0.25) is 0 Å². The molecule has 0 aliphatic heterocycles. The van der Waals surface area contributed by atoms with Gasteiger partial charge in [-0.1, -0.05) is 18.2 Å². The SMILES string of the molecule is OC[C@@H](O)COc1cc2c(ccn2-c2ccc3ccccc3n2)cn1. The zero-order valence-electron chi connectivity index (χ0n) is 13.4. The number of benzene rings is 1. The molecule has 0 aliphatic rings. The maximum absolute atomic E-state index is 9.41. The summed E-state index contributed by atoms with van der Waals surface area (Å²) < 4.78 is 7.41. The zero-order valence-corrected chi connectivity index (χ0v) is 13.4. The van der Waals surface area contributed by atoms with Gasteiger partial charge in [-0.15, -0.1) is 0 Å². The Bertz CT molecular complexity index is 1030. The van der Waals surface area contributed by atoms with Crippen molar-refractivity contribution in [3.05, 3.63) is 60.9 Å². The molecule has 0 spiro atoms. The van der Waals surface area contributed by atoms with Crippen molar-refractivity contribution >= 4 is 21.8 Å². The van der Waals surface area contributed by atoms with E-state index in [4.69, 9.17) is 14.8 Å². The van der Waals surface area contributed by atoms with E-state index in [-0.39, 0.29) is 13.2 Å². The monoisotopic (exact) mass is 335 g/mol. The van der Waals surface area contributed by atoms with Gasteiger partial charge in [-0.05, 0) is 24.3 Å². The number of pyridine rings is 2. The van der Waals surface area contributed by atoms with Gasteiger partial charge in [0.05, 0.1) is 17.6 Å². The lowest BCUT2D eigenvalue weighted by Crippen LogP contribution is -2.21. The number of rotatable bonds is 5. The molecule has 1 atom stereocenters. The third-order valence-electron chi connectivity index (χ3n) is 4.01. The molecule has 4 rings (SSSR count). The summed E-state index contributed by atoms with van der Waals surface area (Å²) in [7, 11) is 0. The van der Waals surface area contributed by atoms with Crippen molar-refractivity contribution in [2.75, 3.05) is 13.2 Å². The molecule has 3 aromatic heterocycles. The Morgan fingerprint density at radius 1 is 1.08 bits per heavy atom. The van der Waals surface area contributed by atoms with Crippen molar-refractivity contribution in [1.82, 2.24) is 14.5 Å². The molecule has 6 nitrogen and oxygen atoms in total. The van der Waals surface area contributed by atoms with Crippen molar-refractivity contribution in [2.24, 2.45) is 0 Å². The number of hydrogen-bond acceptors (Lipinski definition) is 5. The van der Waals surface area contributed by atoms with Crippen molar-refractivity contribution in [1.29, 1.82) is 0 Å². The smallest absolute Gasteiger partial charge is 0.215 e. The fourth-order valence-corrected chi connectivity index (χ4v) is 2.71. The van der Waals surface area contributed by atoms with E-state index >= 15 is 0 Å². The Morgan fingerprint density at radius 3 is 2.84 bits per heavy atom. The average molecular weight is 335 g/mol. The van der Waals surface area contributed by atoms with E-state index in [0.29, 0.717) is 5.88 Å². The van der Waals surface area contributed by atoms with Gasteiger partial charge in [-0.2, -0.15) is 0 Å². The van der Waals surface area contributed by atoms with Crippen LogP contribution in [-0.2, 0) is 0 Å². The van der Waals surface area contributed by atoms with Gasteiger partial charge in [0, 0.05) is 29.2 Å². The maximum atomic E-state index is 9.41. The fraction of sp³-hybridized carbons (Fsp3) is 0.158. The van der Waals surface area contributed by atoms with Crippen LogP contribution < -0.4 is 4.74 Å². The molecule has 6 heteroatoms. The van der Waals surface area contributed by atoms with Gasteiger partial charge in [-0.25, -0.2) is 9.97 Å². The number of para-hydroxylation sites is 1. The lowest BCUT2D eigenvalue weighted by molar-refractivity contribution is 0.0522. The van der Waals surface area contributed by atoms with Crippen molar-refractivity contribution in [3.8, 4) is 11.7 Å². The van der Waals surface area contributed by atoms with Gasteiger partial charge in [0.1, 0.15) is 18.5 Å². The van der Waals surface area contributed by atoms with Crippen LogP contribution >= 0.6 is 0 Å². The molecule has 2 N–H and O–H groups in total. The van der Waals surface area contributed by atoms with Crippen molar-refractivity contribution < 1.29 is 14.9 Å². The highest BCUT2D eigenvalue weighted by Crippen LogP contribution is 2.23. The van der Waals surface area contributed by atoms with Crippen LogP contribution in [0.15, 0.2) is 60.9 Å². The van der Waals surface area contributed by atoms with Gasteiger partial charge in [0.25, 0.3) is 0 Å². The quantitative estimate of drug-likeness (QED) is 0.585. The summed E-state index contributed by atoms with van der Waals surface area (Å²) >= 11 is 0. The second kappa shape index (κ2) is 6.51. The van der Waals surface area contributed by atoms with E-state index in [1.165, 1.54) is 0 Å². The van der Waals surface area contributed by atoms with Crippen LogP contribution in [0.25, 0.3) is 27.6 Å². The highest BCUT2D eigenvalue weighted by atomic mass is 16.5. The van der Waals surface area contributed by atoms with E-state index in [2.05, 4.69) is 4.98 Å². The second-order valence-electron chi connectivity index (χ2n) is 5.78. The molecular weight excluding hydrogens is 318 g/mol. The lowest BCUT2D eigenvalue weighted by Gasteiger charge is -2.10. The van der Waals surface area contributed by atoms with E-state index in [1.54, 1.807) is 12.3 Å². The number of fused-ring (bicyclic) bond motifs is 2. The molecule has 126 valence electrons. The molecule has 25 heavy (non-hydrogen) atoms. The largest absolute Gasteiger partial charge is 0.475 e.